The van der Waals surface area contributed by atoms with E-state index in [0.29, 0.717) is 13.0 Å². The Balaban J connectivity index is 1.74. The van der Waals surface area contributed by atoms with Crippen molar-refractivity contribution < 1.29 is 23.1 Å². The molecule has 2 aromatic carbocycles. The number of hydrogen-bond donors (Lipinski definition) is 1. The van der Waals surface area contributed by atoms with Gasteiger partial charge in [-0.25, -0.2) is 13.6 Å². The lowest BCUT2D eigenvalue weighted by Gasteiger charge is -2.07. The zero-order valence-electron chi connectivity index (χ0n) is 12.5. The highest BCUT2D eigenvalue weighted by atomic mass is 35.5. The van der Waals surface area contributed by atoms with E-state index in [1.165, 1.54) is 24.3 Å². The van der Waals surface area contributed by atoms with Crippen LogP contribution in [-0.2, 0) is 16.0 Å². The molecule has 24 heavy (non-hydrogen) atoms. The molecule has 0 aliphatic heterocycles. The second-order valence-electron chi connectivity index (χ2n) is 4.93. The number of carbonyl (C=O) groups is 2. The number of nitrogens with one attached hydrogen (secondary N) is 1. The minimum Gasteiger partial charge on any atom is -0.452 e. The van der Waals surface area contributed by atoms with E-state index in [2.05, 4.69) is 5.32 Å². The van der Waals surface area contributed by atoms with E-state index in [1.54, 1.807) is 12.1 Å². The third-order valence-electron chi connectivity index (χ3n) is 3.13. The lowest BCUT2D eigenvalue weighted by atomic mass is 10.1. The summed E-state index contributed by atoms with van der Waals surface area (Å²) >= 11 is 5.59. The Morgan fingerprint density at radius 1 is 1.08 bits per heavy atom. The van der Waals surface area contributed by atoms with Gasteiger partial charge in [0.05, 0.1) is 5.56 Å². The van der Waals surface area contributed by atoms with Gasteiger partial charge in [0.25, 0.3) is 5.91 Å². The van der Waals surface area contributed by atoms with E-state index in [0.717, 1.165) is 11.6 Å². The highest BCUT2D eigenvalue weighted by molar-refractivity contribution is 6.30. The zero-order chi connectivity index (χ0) is 17.5. The average Bonchev–Trinajstić information content (AvgIpc) is 2.54. The van der Waals surface area contributed by atoms with Crippen molar-refractivity contribution in [3.05, 3.63) is 70.2 Å². The summed E-state index contributed by atoms with van der Waals surface area (Å²) in [6.07, 6.45) is 0.506. The second kappa shape index (κ2) is 8.40. The zero-order valence-corrected chi connectivity index (χ0v) is 13.3. The van der Waals surface area contributed by atoms with Crippen LogP contribution in [0.1, 0.15) is 15.9 Å². The molecule has 2 rings (SSSR count). The molecule has 4 nitrogen and oxygen atoms in total. The van der Waals surface area contributed by atoms with Gasteiger partial charge >= 0.3 is 5.97 Å². The molecule has 0 aliphatic carbocycles. The Morgan fingerprint density at radius 3 is 2.46 bits per heavy atom. The number of benzene rings is 2. The van der Waals surface area contributed by atoms with Crippen LogP contribution < -0.4 is 5.32 Å². The van der Waals surface area contributed by atoms with Gasteiger partial charge in [-0.05, 0) is 42.3 Å². The molecule has 2 aromatic rings. The van der Waals surface area contributed by atoms with Gasteiger partial charge in [-0.1, -0.05) is 23.7 Å². The maximum absolute atomic E-state index is 13.5. The topological polar surface area (TPSA) is 55.4 Å². The number of halogens is 3. The van der Waals surface area contributed by atoms with Crippen molar-refractivity contribution in [1.82, 2.24) is 5.32 Å². The van der Waals surface area contributed by atoms with Gasteiger partial charge in [-0.2, -0.15) is 0 Å². The third kappa shape index (κ3) is 5.31. The van der Waals surface area contributed by atoms with Crippen LogP contribution in [0.5, 0.6) is 0 Å². The fraction of sp³-hybridized carbons (Fsp3) is 0.176. The predicted octanol–water partition coefficient (Wildman–Crippen LogP) is 3.13. The van der Waals surface area contributed by atoms with E-state index in [-0.39, 0.29) is 16.4 Å². The smallest absolute Gasteiger partial charge is 0.341 e. The summed E-state index contributed by atoms with van der Waals surface area (Å²) in [5, 5.41) is 2.71. The molecule has 0 bridgehead atoms. The molecule has 0 saturated carbocycles. The van der Waals surface area contributed by atoms with Crippen LogP contribution in [-0.4, -0.2) is 25.0 Å². The van der Waals surface area contributed by atoms with Crippen molar-refractivity contribution in [1.29, 1.82) is 0 Å². The summed E-state index contributed by atoms with van der Waals surface area (Å²) < 4.78 is 31.0. The lowest BCUT2D eigenvalue weighted by molar-refractivity contribution is -0.124. The van der Waals surface area contributed by atoms with Crippen molar-refractivity contribution in [3.63, 3.8) is 0 Å². The number of esters is 1. The minimum atomic E-state index is -0.946. The number of hydrogen-bond acceptors (Lipinski definition) is 3. The van der Waals surface area contributed by atoms with Crippen LogP contribution in [0.15, 0.2) is 42.5 Å². The number of amides is 1. The number of rotatable bonds is 6. The number of ether oxygens (including phenoxy) is 1. The van der Waals surface area contributed by atoms with Gasteiger partial charge in [0, 0.05) is 11.6 Å². The van der Waals surface area contributed by atoms with Crippen molar-refractivity contribution in [2.24, 2.45) is 0 Å². The third-order valence-corrected chi connectivity index (χ3v) is 3.37. The monoisotopic (exact) mass is 353 g/mol. The number of carbonyl (C=O) groups excluding carboxylic acids is 2. The maximum atomic E-state index is 13.5. The molecule has 0 spiro atoms. The van der Waals surface area contributed by atoms with E-state index in [4.69, 9.17) is 16.3 Å². The minimum absolute atomic E-state index is 0.155. The molecule has 126 valence electrons. The molecule has 1 amide bonds. The molecule has 0 heterocycles. The first-order valence-corrected chi connectivity index (χ1v) is 7.47. The summed E-state index contributed by atoms with van der Waals surface area (Å²) in [6, 6.07) is 9.42. The Hall–Kier alpha value is -2.47. The van der Waals surface area contributed by atoms with E-state index in [9.17, 15) is 18.4 Å². The molecule has 0 aliphatic rings. The Kier molecular flexibility index (Phi) is 6.26. The summed E-state index contributed by atoms with van der Waals surface area (Å²) in [4.78, 5) is 23.3. The largest absolute Gasteiger partial charge is 0.452 e. The first kappa shape index (κ1) is 17.9. The fourth-order valence-corrected chi connectivity index (χ4v) is 2.07. The Morgan fingerprint density at radius 2 is 1.79 bits per heavy atom. The molecule has 0 unspecified atom stereocenters. The van der Waals surface area contributed by atoms with Crippen molar-refractivity contribution in [2.45, 2.75) is 6.42 Å². The van der Waals surface area contributed by atoms with Crippen molar-refractivity contribution in [2.75, 3.05) is 13.2 Å². The molecular weight excluding hydrogens is 340 g/mol. The molecule has 0 fully saturated rings. The fourth-order valence-electron chi connectivity index (χ4n) is 1.91. The maximum Gasteiger partial charge on any atom is 0.341 e. The van der Waals surface area contributed by atoms with Crippen LogP contribution in [0.3, 0.4) is 0 Å². The van der Waals surface area contributed by atoms with Crippen LogP contribution in [0.2, 0.25) is 5.02 Å². The van der Waals surface area contributed by atoms with Gasteiger partial charge in [-0.15, -0.1) is 0 Å². The van der Waals surface area contributed by atoms with Crippen LogP contribution in [0.4, 0.5) is 8.78 Å². The molecular formula is C17H14ClF2NO3. The Labute approximate surface area is 142 Å². The molecule has 0 aromatic heterocycles. The molecule has 0 radical (unpaired) electrons. The first-order chi connectivity index (χ1) is 11.5. The molecule has 1 N–H and O–H groups in total. The van der Waals surface area contributed by atoms with Gasteiger partial charge in [0.1, 0.15) is 11.6 Å². The normalized spacial score (nSPS) is 10.3. The summed E-state index contributed by atoms with van der Waals surface area (Å²) in [7, 11) is 0. The van der Waals surface area contributed by atoms with E-state index in [1.807, 2.05) is 0 Å². The first-order valence-electron chi connectivity index (χ1n) is 7.09. The lowest BCUT2D eigenvalue weighted by Crippen LogP contribution is -2.30. The van der Waals surface area contributed by atoms with Gasteiger partial charge in [0.15, 0.2) is 6.61 Å². The van der Waals surface area contributed by atoms with E-state index >= 15 is 0 Å². The van der Waals surface area contributed by atoms with Gasteiger partial charge in [-0.3, -0.25) is 4.79 Å². The van der Waals surface area contributed by atoms with Crippen LogP contribution in [0, 0.1) is 11.6 Å². The second-order valence-corrected chi connectivity index (χ2v) is 5.36. The summed E-state index contributed by atoms with van der Waals surface area (Å²) in [6.45, 7) is -0.221. The molecule has 7 heteroatoms. The average molecular weight is 354 g/mol. The highest BCUT2D eigenvalue weighted by Crippen LogP contribution is 2.15. The van der Waals surface area contributed by atoms with Crippen molar-refractivity contribution >= 4 is 23.5 Å². The highest BCUT2D eigenvalue weighted by Gasteiger charge is 2.15. The van der Waals surface area contributed by atoms with Gasteiger partial charge < -0.3 is 10.1 Å². The van der Waals surface area contributed by atoms with Crippen LogP contribution >= 0.6 is 11.6 Å². The quantitative estimate of drug-likeness (QED) is 0.812. The standard InChI is InChI=1S/C17H14ClF2NO3/c18-12-3-6-14(15(20)9-12)17(23)24-10-16(22)21-8-7-11-1-4-13(19)5-2-11/h1-6,9H,7-8,10H2,(H,21,22). The predicted molar refractivity (Wildman–Crippen MR) is 84.8 cm³/mol. The van der Waals surface area contributed by atoms with E-state index < -0.39 is 24.3 Å². The van der Waals surface area contributed by atoms with Gasteiger partial charge in [0.2, 0.25) is 0 Å². The molecule has 0 atom stereocenters. The Bertz CT molecular complexity index is 735. The SMILES string of the molecule is O=C(COC(=O)c1ccc(Cl)cc1F)NCCc1ccc(F)cc1. The van der Waals surface area contributed by atoms with Crippen molar-refractivity contribution in [3.8, 4) is 0 Å². The summed E-state index contributed by atoms with van der Waals surface area (Å²) in [5.41, 5.74) is 0.565. The summed E-state index contributed by atoms with van der Waals surface area (Å²) in [5.74, 6) is -2.61. The molecule has 0 saturated heterocycles. The van der Waals surface area contributed by atoms with Crippen LogP contribution in [0.25, 0.3) is 0 Å².